The third kappa shape index (κ3) is 2.66. The van der Waals surface area contributed by atoms with Crippen LogP contribution in [0.4, 0.5) is 0 Å². The summed E-state index contributed by atoms with van der Waals surface area (Å²) in [5.41, 5.74) is 8.41. The van der Waals surface area contributed by atoms with E-state index in [1.807, 2.05) is 54.7 Å². The number of rotatable bonds is 3. The van der Waals surface area contributed by atoms with Gasteiger partial charge in [0, 0.05) is 40.6 Å². The second kappa shape index (κ2) is 6.63. The molecular weight excluding hydrogens is 372 g/mol. The molecule has 0 saturated carbocycles. The van der Waals surface area contributed by atoms with Crippen molar-refractivity contribution in [1.82, 2.24) is 30.1 Å². The molecule has 6 nitrogen and oxygen atoms in total. The third-order valence-corrected chi connectivity index (χ3v) is 5.24. The summed E-state index contributed by atoms with van der Waals surface area (Å²) < 4.78 is 0. The largest absolute Gasteiger partial charge is 0.353 e. The molecule has 0 radical (unpaired) electrons. The monoisotopic (exact) mass is 388 g/mol. The first-order valence-electron chi connectivity index (χ1n) is 9.66. The van der Waals surface area contributed by atoms with Crippen LogP contribution in [-0.2, 0) is 0 Å². The summed E-state index contributed by atoms with van der Waals surface area (Å²) in [5.74, 6) is 0. The SMILES string of the molecule is c1ccc(-c2cccc3[nH]c(-c4n[nH]c5ccc(-c6ccncc6)nc45)cc23)nc1. The fourth-order valence-electron chi connectivity index (χ4n) is 3.80. The van der Waals surface area contributed by atoms with E-state index in [-0.39, 0.29) is 0 Å². The van der Waals surface area contributed by atoms with Crippen LogP contribution in [0.2, 0.25) is 0 Å². The van der Waals surface area contributed by atoms with E-state index in [1.165, 1.54) is 0 Å². The normalized spacial score (nSPS) is 11.3. The second-order valence-corrected chi connectivity index (χ2v) is 7.07. The van der Waals surface area contributed by atoms with Crippen LogP contribution in [-0.4, -0.2) is 30.1 Å². The van der Waals surface area contributed by atoms with Crippen molar-refractivity contribution < 1.29 is 0 Å². The molecule has 1 aromatic carbocycles. The van der Waals surface area contributed by atoms with Crippen LogP contribution >= 0.6 is 0 Å². The fraction of sp³-hybridized carbons (Fsp3) is 0. The summed E-state index contributed by atoms with van der Waals surface area (Å²) in [6.45, 7) is 0. The Kier molecular flexibility index (Phi) is 3.67. The third-order valence-electron chi connectivity index (χ3n) is 5.24. The molecule has 30 heavy (non-hydrogen) atoms. The van der Waals surface area contributed by atoms with Gasteiger partial charge < -0.3 is 4.98 Å². The Morgan fingerprint density at radius 1 is 0.733 bits per heavy atom. The maximum Gasteiger partial charge on any atom is 0.135 e. The van der Waals surface area contributed by atoms with E-state index in [9.17, 15) is 0 Å². The molecule has 0 unspecified atom stereocenters. The van der Waals surface area contributed by atoms with Crippen LogP contribution in [0.1, 0.15) is 0 Å². The topological polar surface area (TPSA) is 83.1 Å². The molecule has 0 fully saturated rings. The zero-order valence-electron chi connectivity index (χ0n) is 15.9. The lowest BCUT2D eigenvalue weighted by molar-refractivity contribution is 1.12. The Morgan fingerprint density at radius 2 is 1.67 bits per heavy atom. The van der Waals surface area contributed by atoms with Gasteiger partial charge in [0.15, 0.2) is 0 Å². The highest BCUT2D eigenvalue weighted by Crippen LogP contribution is 2.33. The number of nitrogens with zero attached hydrogens (tertiary/aromatic N) is 4. The molecule has 6 rings (SSSR count). The Labute approximate surface area is 171 Å². The Bertz CT molecular complexity index is 1480. The van der Waals surface area contributed by atoms with Gasteiger partial charge in [0.2, 0.25) is 0 Å². The molecule has 0 atom stereocenters. The first kappa shape index (κ1) is 16.6. The molecule has 6 aromatic rings. The highest BCUT2D eigenvalue weighted by Gasteiger charge is 2.15. The van der Waals surface area contributed by atoms with Gasteiger partial charge in [-0.3, -0.25) is 15.1 Å². The number of aromatic nitrogens is 6. The van der Waals surface area contributed by atoms with Crippen molar-refractivity contribution in [2.75, 3.05) is 0 Å². The highest BCUT2D eigenvalue weighted by molar-refractivity contribution is 6.00. The number of fused-ring (bicyclic) bond motifs is 2. The van der Waals surface area contributed by atoms with Crippen LogP contribution < -0.4 is 0 Å². The summed E-state index contributed by atoms with van der Waals surface area (Å²) in [5, 5.41) is 8.75. The van der Waals surface area contributed by atoms with Crippen molar-refractivity contribution in [3.8, 4) is 33.9 Å². The quantitative estimate of drug-likeness (QED) is 0.435. The first-order chi connectivity index (χ1) is 14.9. The molecular formula is C24H16N6. The summed E-state index contributed by atoms with van der Waals surface area (Å²) in [6.07, 6.45) is 5.36. The Morgan fingerprint density at radius 3 is 2.53 bits per heavy atom. The maximum absolute atomic E-state index is 4.88. The van der Waals surface area contributed by atoms with Gasteiger partial charge in [-0.05, 0) is 48.5 Å². The molecule has 5 heterocycles. The molecule has 142 valence electrons. The van der Waals surface area contributed by atoms with Crippen LogP contribution in [0, 0.1) is 0 Å². The minimum absolute atomic E-state index is 0.795. The van der Waals surface area contributed by atoms with Gasteiger partial charge in [-0.1, -0.05) is 18.2 Å². The van der Waals surface area contributed by atoms with E-state index in [0.717, 1.165) is 55.8 Å². The van der Waals surface area contributed by atoms with Crippen molar-refractivity contribution >= 4 is 21.9 Å². The number of nitrogens with one attached hydrogen (secondary N) is 2. The molecule has 2 N–H and O–H groups in total. The fourth-order valence-corrected chi connectivity index (χ4v) is 3.80. The maximum atomic E-state index is 4.88. The predicted molar refractivity (Wildman–Crippen MR) is 118 cm³/mol. The molecule has 0 aliphatic carbocycles. The summed E-state index contributed by atoms with van der Waals surface area (Å²) in [7, 11) is 0. The van der Waals surface area contributed by atoms with Crippen LogP contribution in [0.5, 0.6) is 0 Å². The minimum Gasteiger partial charge on any atom is -0.353 e. The number of benzene rings is 1. The predicted octanol–water partition coefficient (Wildman–Crippen LogP) is 5.23. The van der Waals surface area contributed by atoms with Crippen LogP contribution in [0.25, 0.3) is 55.8 Å². The van der Waals surface area contributed by atoms with Gasteiger partial charge in [0.25, 0.3) is 0 Å². The standard InChI is InChI=1S/C24H16N6/c1-2-11-26-19(5-1)16-4-3-6-20-17(16)14-22(27-20)24-23-21(29-30-24)8-7-18(28-23)15-9-12-25-13-10-15/h1-14,27H,(H,29,30). The van der Waals surface area contributed by atoms with Gasteiger partial charge in [-0.15, -0.1) is 0 Å². The van der Waals surface area contributed by atoms with E-state index >= 15 is 0 Å². The van der Waals surface area contributed by atoms with E-state index in [1.54, 1.807) is 12.4 Å². The zero-order valence-corrected chi connectivity index (χ0v) is 15.9. The molecule has 0 aliphatic rings. The van der Waals surface area contributed by atoms with Crippen LogP contribution in [0.15, 0.2) is 85.3 Å². The number of aromatic amines is 2. The highest BCUT2D eigenvalue weighted by atomic mass is 15.1. The van der Waals surface area contributed by atoms with Gasteiger partial charge in [-0.2, -0.15) is 5.10 Å². The molecule has 0 aliphatic heterocycles. The van der Waals surface area contributed by atoms with Crippen LogP contribution in [0.3, 0.4) is 0 Å². The van der Waals surface area contributed by atoms with E-state index in [2.05, 4.69) is 43.3 Å². The first-order valence-corrected chi connectivity index (χ1v) is 9.66. The van der Waals surface area contributed by atoms with Gasteiger partial charge in [0.05, 0.1) is 22.6 Å². The average Bonchev–Trinajstić information content (AvgIpc) is 3.43. The lowest BCUT2D eigenvalue weighted by Crippen LogP contribution is -1.86. The smallest absolute Gasteiger partial charge is 0.135 e. The summed E-state index contributed by atoms with van der Waals surface area (Å²) in [6, 6.07) is 22.2. The lowest BCUT2D eigenvalue weighted by Gasteiger charge is -2.01. The van der Waals surface area contributed by atoms with E-state index in [0.29, 0.717) is 0 Å². The number of hydrogen-bond acceptors (Lipinski definition) is 4. The van der Waals surface area contributed by atoms with Crippen molar-refractivity contribution in [2.24, 2.45) is 0 Å². The van der Waals surface area contributed by atoms with Crippen molar-refractivity contribution in [1.29, 1.82) is 0 Å². The number of hydrogen-bond donors (Lipinski definition) is 2. The zero-order chi connectivity index (χ0) is 19.9. The molecule has 5 aromatic heterocycles. The minimum atomic E-state index is 0.795. The number of H-pyrrole nitrogens is 2. The molecule has 6 heteroatoms. The molecule has 0 spiro atoms. The number of pyridine rings is 3. The molecule has 0 amide bonds. The van der Waals surface area contributed by atoms with Crippen molar-refractivity contribution in [3.05, 3.63) is 85.3 Å². The Balaban J connectivity index is 1.52. The van der Waals surface area contributed by atoms with Gasteiger partial charge >= 0.3 is 0 Å². The summed E-state index contributed by atoms with van der Waals surface area (Å²) in [4.78, 5) is 17.0. The lowest BCUT2D eigenvalue weighted by atomic mass is 10.1. The molecule has 0 saturated heterocycles. The van der Waals surface area contributed by atoms with Crippen molar-refractivity contribution in [3.63, 3.8) is 0 Å². The molecule has 0 bridgehead atoms. The second-order valence-electron chi connectivity index (χ2n) is 7.07. The van der Waals surface area contributed by atoms with E-state index < -0.39 is 0 Å². The van der Waals surface area contributed by atoms with E-state index in [4.69, 9.17) is 4.98 Å². The van der Waals surface area contributed by atoms with Crippen molar-refractivity contribution in [2.45, 2.75) is 0 Å². The van der Waals surface area contributed by atoms with Gasteiger partial charge in [0.1, 0.15) is 11.2 Å². The van der Waals surface area contributed by atoms with Gasteiger partial charge in [-0.25, -0.2) is 4.98 Å². The summed E-state index contributed by atoms with van der Waals surface area (Å²) >= 11 is 0. The Hall–Kier alpha value is -4.32. The average molecular weight is 388 g/mol.